The lowest BCUT2D eigenvalue weighted by molar-refractivity contribution is -0.121. The highest BCUT2D eigenvalue weighted by Gasteiger charge is 2.05. The van der Waals surface area contributed by atoms with Gasteiger partial charge in [0.05, 0.1) is 7.11 Å². The zero-order chi connectivity index (χ0) is 13.4. The molecule has 1 rings (SSSR count). The fourth-order valence-corrected chi connectivity index (χ4v) is 1.90. The molecule has 0 aromatic heterocycles. The average Bonchev–Trinajstić information content (AvgIpc) is 2.39. The third-order valence-corrected chi connectivity index (χ3v) is 2.95. The fraction of sp³-hybridized carbons (Fsp3) is 0.533. The van der Waals surface area contributed by atoms with E-state index < -0.39 is 0 Å². The highest BCUT2D eigenvalue weighted by atomic mass is 16.5. The first-order chi connectivity index (χ1) is 8.71. The van der Waals surface area contributed by atoms with E-state index in [1.165, 1.54) is 5.56 Å². The lowest BCUT2D eigenvalue weighted by atomic mass is 10.1. The van der Waals surface area contributed by atoms with Crippen molar-refractivity contribution in [3.63, 3.8) is 0 Å². The SMILES string of the molecule is CCCC(=O)NCCc1cc(CC)ccc1OC. The van der Waals surface area contributed by atoms with Crippen molar-refractivity contribution in [2.24, 2.45) is 0 Å². The van der Waals surface area contributed by atoms with Crippen molar-refractivity contribution < 1.29 is 9.53 Å². The van der Waals surface area contributed by atoms with Crippen molar-refractivity contribution in [1.82, 2.24) is 5.32 Å². The minimum absolute atomic E-state index is 0.128. The number of rotatable bonds is 7. The first kappa shape index (κ1) is 14.6. The summed E-state index contributed by atoms with van der Waals surface area (Å²) < 4.78 is 5.34. The molecule has 0 aliphatic carbocycles. The number of aryl methyl sites for hydroxylation is 1. The molecule has 0 aliphatic rings. The first-order valence-electron chi connectivity index (χ1n) is 6.63. The van der Waals surface area contributed by atoms with Crippen molar-refractivity contribution in [3.8, 4) is 5.75 Å². The molecule has 1 N–H and O–H groups in total. The van der Waals surface area contributed by atoms with Crippen LogP contribution in [0.15, 0.2) is 18.2 Å². The van der Waals surface area contributed by atoms with E-state index in [0.717, 1.165) is 30.6 Å². The van der Waals surface area contributed by atoms with Gasteiger partial charge in [-0.3, -0.25) is 4.79 Å². The zero-order valence-electron chi connectivity index (χ0n) is 11.6. The van der Waals surface area contributed by atoms with Crippen LogP contribution in [-0.4, -0.2) is 19.6 Å². The zero-order valence-corrected chi connectivity index (χ0v) is 11.6. The highest BCUT2D eigenvalue weighted by molar-refractivity contribution is 5.75. The molecule has 1 aromatic carbocycles. The van der Waals surface area contributed by atoms with Crippen LogP contribution in [0.4, 0.5) is 0 Å². The van der Waals surface area contributed by atoms with Crippen molar-refractivity contribution in [2.45, 2.75) is 39.5 Å². The second-order valence-corrected chi connectivity index (χ2v) is 4.35. The molecule has 100 valence electrons. The van der Waals surface area contributed by atoms with E-state index in [-0.39, 0.29) is 5.91 Å². The van der Waals surface area contributed by atoms with Crippen molar-refractivity contribution in [1.29, 1.82) is 0 Å². The van der Waals surface area contributed by atoms with Crippen LogP contribution in [0.5, 0.6) is 5.75 Å². The van der Waals surface area contributed by atoms with Gasteiger partial charge in [-0.25, -0.2) is 0 Å². The smallest absolute Gasteiger partial charge is 0.219 e. The monoisotopic (exact) mass is 249 g/mol. The molecule has 18 heavy (non-hydrogen) atoms. The molecule has 0 aliphatic heterocycles. The van der Waals surface area contributed by atoms with Crippen LogP contribution in [0.1, 0.15) is 37.8 Å². The third-order valence-electron chi connectivity index (χ3n) is 2.95. The summed E-state index contributed by atoms with van der Waals surface area (Å²) in [4.78, 5) is 11.4. The predicted octanol–water partition coefficient (Wildman–Crippen LogP) is 2.72. The summed E-state index contributed by atoms with van der Waals surface area (Å²) >= 11 is 0. The third kappa shape index (κ3) is 4.40. The summed E-state index contributed by atoms with van der Waals surface area (Å²) in [7, 11) is 1.68. The van der Waals surface area contributed by atoms with Gasteiger partial charge in [0.15, 0.2) is 0 Å². The molecule has 0 unspecified atom stereocenters. The van der Waals surface area contributed by atoms with E-state index >= 15 is 0 Å². The molecule has 0 bridgehead atoms. The van der Waals surface area contributed by atoms with Crippen LogP contribution in [0, 0.1) is 0 Å². The Balaban J connectivity index is 2.57. The number of amides is 1. The van der Waals surface area contributed by atoms with E-state index in [1.807, 2.05) is 13.0 Å². The van der Waals surface area contributed by atoms with Gasteiger partial charge >= 0.3 is 0 Å². The van der Waals surface area contributed by atoms with Crippen molar-refractivity contribution >= 4 is 5.91 Å². The van der Waals surface area contributed by atoms with E-state index in [4.69, 9.17) is 4.74 Å². The highest BCUT2D eigenvalue weighted by Crippen LogP contribution is 2.20. The maximum absolute atomic E-state index is 11.4. The van der Waals surface area contributed by atoms with Crippen molar-refractivity contribution in [2.75, 3.05) is 13.7 Å². The van der Waals surface area contributed by atoms with Gasteiger partial charge in [0, 0.05) is 13.0 Å². The Morgan fingerprint density at radius 1 is 1.33 bits per heavy atom. The van der Waals surface area contributed by atoms with Gasteiger partial charge in [-0.15, -0.1) is 0 Å². The minimum Gasteiger partial charge on any atom is -0.496 e. The van der Waals surface area contributed by atoms with Crippen LogP contribution in [-0.2, 0) is 17.6 Å². The molecule has 3 heteroatoms. The molecule has 0 spiro atoms. The van der Waals surface area contributed by atoms with Crippen molar-refractivity contribution in [3.05, 3.63) is 29.3 Å². The van der Waals surface area contributed by atoms with Gasteiger partial charge < -0.3 is 10.1 Å². The maximum atomic E-state index is 11.4. The van der Waals surface area contributed by atoms with E-state index in [2.05, 4.69) is 24.4 Å². The van der Waals surface area contributed by atoms with Crippen LogP contribution < -0.4 is 10.1 Å². The Labute approximate surface area is 110 Å². The van der Waals surface area contributed by atoms with E-state index in [0.29, 0.717) is 13.0 Å². The van der Waals surface area contributed by atoms with E-state index in [1.54, 1.807) is 7.11 Å². The molecule has 0 fully saturated rings. The molecule has 0 saturated heterocycles. The summed E-state index contributed by atoms with van der Waals surface area (Å²) in [6.07, 6.45) is 3.32. The van der Waals surface area contributed by atoms with Gasteiger partial charge in [-0.2, -0.15) is 0 Å². The molecular formula is C15H23NO2. The number of ether oxygens (including phenoxy) is 1. The second-order valence-electron chi connectivity index (χ2n) is 4.35. The molecule has 0 saturated carbocycles. The summed E-state index contributed by atoms with van der Waals surface area (Å²) in [6.45, 7) is 4.81. The summed E-state index contributed by atoms with van der Waals surface area (Å²) in [6, 6.07) is 6.24. The lowest BCUT2D eigenvalue weighted by Crippen LogP contribution is -2.25. The number of methoxy groups -OCH3 is 1. The number of nitrogens with one attached hydrogen (secondary N) is 1. The fourth-order valence-electron chi connectivity index (χ4n) is 1.90. The Kier molecular flexibility index (Phi) is 6.26. The molecule has 0 atom stereocenters. The van der Waals surface area contributed by atoms with Gasteiger partial charge in [0.2, 0.25) is 5.91 Å². The lowest BCUT2D eigenvalue weighted by Gasteiger charge is -2.11. The molecule has 3 nitrogen and oxygen atoms in total. The normalized spacial score (nSPS) is 10.2. The number of benzene rings is 1. The standard InChI is InChI=1S/C15H23NO2/c1-4-6-15(17)16-10-9-13-11-12(5-2)7-8-14(13)18-3/h7-8,11H,4-6,9-10H2,1-3H3,(H,16,17). The summed E-state index contributed by atoms with van der Waals surface area (Å²) in [5.41, 5.74) is 2.46. The number of carbonyl (C=O) groups is 1. The summed E-state index contributed by atoms with van der Waals surface area (Å²) in [5.74, 6) is 1.03. The minimum atomic E-state index is 0.128. The molecule has 1 amide bonds. The summed E-state index contributed by atoms with van der Waals surface area (Å²) in [5, 5.41) is 2.93. The first-order valence-corrected chi connectivity index (χ1v) is 6.63. The second kappa shape index (κ2) is 7.75. The van der Waals surface area contributed by atoms with Crippen LogP contribution in [0.25, 0.3) is 0 Å². The Morgan fingerprint density at radius 3 is 2.72 bits per heavy atom. The molecule has 0 heterocycles. The van der Waals surface area contributed by atoms with Gasteiger partial charge in [0.1, 0.15) is 5.75 Å². The molecule has 1 aromatic rings. The maximum Gasteiger partial charge on any atom is 0.219 e. The topological polar surface area (TPSA) is 38.3 Å². The number of hydrogen-bond donors (Lipinski definition) is 1. The Hall–Kier alpha value is -1.51. The van der Waals surface area contributed by atoms with Gasteiger partial charge in [-0.1, -0.05) is 26.0 Å². The largest absolute Gasteiger partial charge is 0.496 e. The number of carbonyl (C=O) groups excluding carboxylic acids is 1. The molecular weight excluding hydrogens is 226 g/mol. The predicted molar refractivity (Wildman–Crippen MR) is 74.0 cm³/mol. The van der Waals surface area contributed by atoms with E-state index in [9.17, 15) is 4.79 Å². The Morgan fingerprint density at radius 2 is 2.11 bits per heavy atom. The molecule has 0 radical (unpaired) electrons. The van der Waals surface area contributed by atoms with Gasteiger partial charge in [0.25, 0.3) is 0 Å². The van der Waals surface area contributed by atoms with Crippen LogP contribution in [0.3, 0.4) is 0 Å². The van der Waals surface area contributed by atoms with Gasteiger partial charge in [-0.05, 0) is 36.5 Å². The average molecular weight is 249 g/mol. The Bertz CT molecular complexity index is 388. The number of hydrogen-bond acceptors (Lipinski definition) is 2. The quantitative estimate of drug-likeness (QED) is 0.807. The van der Waals surface area contributed by atoms with Crippen LogP contribution in [0.2, 0.25) is 0 Å². The van der Waals surface area contributed by atoms with Crippen LogP contribution >= 0.6 is 0 Å².